The van der Waals surface area contributed by atoms with Crippen LogP contribution in [0.1, 0.15) is 25.7 Å². The zero-order chi connectivity index (χ0) is 14.3. The molecule has 3 amide bonds. The minimum atomic E-state index is -0.495. The van der Waals surface area contributed by atoms with Crippen molar-refractivity contribution >= 4 is 34.8 Å². The van der Waals surface area contributed by atoms with E-state index in [0.717, 1.165) is 37.4 Å². The molecule has 1 aliphatic carbocycles. The lowest BCUT2D eigenvalue weighted by Gasteiger charge is -2.11. The standard InChI is InChI=1S/C10H18N6O2S/c11-8(12)16-9(13)19-5-7(17)15-10(18)14-6-3-1-2-4-6/h6H,1-5H2,(H5,11,12,13,16)(H2,14,15,17,18). The third-order valence-electron chi connectivity index (χ3n) is 2.51. The number of nitrogens with zero attached hydrogens (tertiary/aromatic N) is 1. The summed E-state index contributed by atoms with van der Waals surface area (Å²) in [4.78, 5) is 26.3. The van der Waals surface area contributed by atoms with E-state index in [9.17, 15) is 9.59 Å². The molecular weight excluding hydrogens is 268 g/mol. The van der Waals surface area contributed by atoms with Gasteiger partial charge in [-0.15, -0.1) is 0 Å². The van der Waals surface area contributed by atoms with Crippen LogP contribution < -0.4 is 22.1 Å². The molecular formula is C10H18N6O2S. The van der Waals surface area contributed by atoms with Crippen molar-refractivity contribution in [1.29, 1.82) is 5.41 Å². The van der Waals surface area contributed by atoms with E-state index < -0.39 is 11.9 Å². The highest BCUT2D eigenvalue weighted by atomic mass is 32.2. The van der Waals surface area contributed by atoms with Gasteiger partial charge < -0.3 is 16.8 Å². The zero-order valence-electron chi connectivity index (χ0n) is 10.4. The van der Waals surface area contributed by atoms with Gasteiger partial charge in [0.15, 0.2) is 11.1 Å². The van der Waals surface area contributed by atoms with Gasteiger partial charge in [-0.25, -0.2) is 4.79 Å². The molecule has 0 aromatic heterocycles. The zero-order valence-corrected chi connectivity index (χ0v) is 11.3. The lowest BCUT2D eigenvalue weighted by Crippen LogP contribution is -2.44. The first-order valence-electron chi connectivity index (χ1n) is 5.88. The van der Waals surface area contributed by atoms with E-state index in [0.29, 0.717) is 0 Å². The van der Waals surface area contributed by atoms with Gasteiger partial charge in [0.25, 0.3) is 0 Å². The van der Waals surface area contributed by atoms with Crippen molar-refractivity contribution in [2.75, 3.05) is 5.75 Å². The summed E-state index contributed by atoms with van der Waals surface area (Å²) in [6.45, 7) is 0. The maximum Gasteiger partial charge on any atom is 0.321 e. The van der Waals surface area contributed by atoms with Crippen molar-refractivity contribution in [3.63, 3.8) is 0 Å². The molecule has 0 saturated heterocycles. The van der Waals surface area contributed by atoms with Crippen LogP contribution >= 0.6 is 11.8 Å². The van der Waals surface area contributed by atoms with Crippen LogP contribution in [-0.4, -0.2) is 34.9 Å². The molecule has 0 spiro atoms. The third-order valence-corrected chi connectivity index (χ3v) is 3.29. The van der Waals surface area contributed by atoms with Gasteiger partial charge in [-0.3, -0.25) is 15.5 Å². The quantitative estimate of drug-likeness (QED) is 0.357. The Labute approximate surface area is 115 Å². The fourth-order valence-corrected chi connectivity index (χ4v) is 2.25. The van der Waals surface area contributed by atoms with E-state index in [1.54, 1.807) is 0 Å². The van der Waals surface area contributed by atoms with E-state index >= 15 is 0 Å². The number of carbonyl (C=O) groups excluding carboxylic acids is 2. The van der Waals surface area contributed by atoms with E-state index in [2.05, 4.69) is 15.6 Å². The van der Waals surface area contributed by atoms with Crippen LogP contribution in [0.2, 0.25) is 0 Å². The normalized spacial score (nSPS) is 14.7. The monoisotopic (exact) mass is 286 g/mol. The minimum Gasteiger partial charge on any atom is -0.370 e. The molecule has 0 bridgehead atoms. The number of guanidine groups is 1. The Morgan fingerprint density at radius 3 is 2.53 bits per heavy atom. The second-order valence-corrected chi connectivity index (χ2v) is 5.10. The topological polar surface area (TPSA) is 146 Å². The largest absolute Gasteiger partial charge is 0.370 e. The van der Waals surface area contributed by atoms with Gasteiger partial charge in [0.05, 0.1) is 5.75 Å². The van der Waals surface area contributed by atoms with Gasteiger partial charge in [-0.2, -0.15) is 4.99 Å². The Morgan fingerprint density at radius 1 is 1.32 bits per heavy atom. The molecule has 8 nitrogen and oxygen atoms in total. The third kappa shape index (κ3) is 6.65. The number of amidine groups is 1. The van der Waals surface area contributed by atoms with E-state index in [1.807, 2.05) is 0 Å². The fourth-order valence-electron chi connectivity index (χ4n) is 1.74. The molecule has 0 heterocycles. The van der Waals surface area contributed by atoms with Crippen molar-refractivity contribution in [3.05, 3.63) is 0 Å². The molecule has 1 fully saturated rings. The van der Waals surface area contributed by atoms with E-state index in [-0.39, 0.29) is 22.9 Å². The molecule has 19 heavy (non-hydrogen) atoms. The summed E-state index contributed by atoms with van der Waals surface area (Å²) in [5.41, 5.74) is 10.2. The number of hydrogen-bond donors (Lipinski definition) is 5. The second-order valence-electron chi connectivity index (χ2n) is 4.13. The van der Waals surface area contributed by atoms with Crippen LogP contribution in [0.3, 0.4) is 0 Å². The van der Waals surface area contributed by atoms with Crippen LogP contribution in [0.4, 0.5) is 4.79 Å². The summed E-state index contributed by atoms with van der Waals surface area (Å²) in [6, 6.07) is -0.341. The Kier molecular flexibility index (Phi) is 6.13. The fraction of sp³-hybridized carbons (Fsp3) is 0.600. The molecule has 7 N–H and O–H groups in total. The SMILES string of the molecule is N=C(N=C(N)N)SCC(=O)NC(=O)NC1CCCC1. The first-order valence-corrected chi connectivity index (χ1v) is 6.87. The summed E-state index contributed by atoms with van der Waals surface area (Å²) < 4.78 is 0. The van der Waals surface area contributed by atoms with Gasteiger partial charge in [-0.05, 0) is 12.8 Å². The number of nitrogens with two attached hydrogens (primary N) is 2. The van der Waals surface area contributed by atoms with Gasteiger partial charge in [0, 0.05) is 6.04 Å². The van der Waals surface area contributed by atoms with Gasteiger partial charge >= 0.3 is 6.03 Å². The highest BCUT2D eigenvalue weighted by molar-refractivity contribution is 8.14. The highest BCUT2D eigenvalue weighted by Crippen LogP contribution is 2.17. The summed E-state index contributed by atoms with van der Waals surface area (Å²) in [5, 5.41) is 12.1. The second kappa shape index (κ2) is 7.62. The first-order chi connectivity index (χ1) is 8.97. The van der Waals surface area contributed by atoms with Gasteiger partial charge in [-0.1, -0.05) is 24.6 Å². The minimum absolute atomic E-state index is 0.0896. The summed E-state index contributed by atoms with van der Waals surface area (Å²) >= 11 is 0.841. The van der Waals surface area contributed by atoms with Gasteiger partial charge in [0.2, 0.25) is 5.91 Å². The number of rotatable bonds is 3. The molecule has 0 unspecified atom stereocenters. The Bertz CT molecular complexity index is 387. The molecule has 1 saturated carbocycles. The maximum atomic E-state index is 11.5. The van der Waals surface area contributed by atoms with E-state index in [4.69, 9.17) is 16.9 Å². The Balaban J connectivity index is 2.21. The van der Waals surface area contributed by atoms with Crippen molar-refractivity contribution in [1.82, 2.24) is 10.6 Å². The molecule has 0 radical (unpaired) electrons. The molecule has 0 atom stereocenters. The van der Waals surface area contributed by atoms with Crippen molar-refractivity contribution in [3.8, 4) is 0 Å². The molecule has 9 heteroatoms. The Morgan fingerprint density at radius 2 is 1.95 bits per heavy atom. The summed E-state index contributed by atoms with van der Waals surface area (Å²) in [7, 11) is 0. The van der Waals surface area contributed by atoms with Crippen LogP contribution in [-0.2, 0) is 4.79 Å². The molecule has 106 valence electrons. The Hall–Kier alpha value is -1.77. The van der Waals surface area contributed by atoms with E-state index in [1.165, 1.54) is 0 Å². The van der Waals surface area contributed by atoms with Crippen molar-refractivity contribution < 1.29 is 9.59 Å². The number of amides is 3. The summed E-state index contributed by atoms with van der Waals surface area (Å²) in [6.07, 6.45) is 4.10. The first kappa shape index (κ1) is 15.3. The lowest BCUT2D eigenvalue weighted by molar-refractivity contribution is -0.117. The number of urea groups is 1. The average molecular weight is 286 g/mol. The van der Waals surface area contributed by atoms with Crippen molar-refractivity contribution in [2.24, 2.45) is 16.5 Å². The number of thioether (sulfide) groups is 1. The average Bonchev–Trinajstić information content (AvgIpc) is 2.78. The highest BCUT2D eigenvalue weighted by Gasteiger charge is 2.18. The van der Waals surface area contributed by atoms with Crippen molar-refractivity contribution in [2.45, 2.75) is 31.7 Å². The number of imide groups is 1. The summed E-state index contributed by atoms with van der Waals surface area (Å²) in [5.74, 6) is -0.818. The number of nitrogens with one attached hydrogen (secondary N) is 3. The molecule has 1 rings (SSSR count). The molecule has 0 aliphatic heterocycles. The smallest absolute Gasteiger partial charge is 0.321 e. The van der Waals surface area contributed by atoms with Crippen LogP contribution in [0.15, 0.2) is 4.99 Å². The van der Waals surface area contributed by atoms with Crippen LogP contribution in [0.5, 0.6) is 0 Å². The number of carbonyl (C=O) groups is 2. The predicted octanol–water partition coefficient (Wildman–Crippen LogP) is -0.304. The van der Waals surface area contributed by atoms with Crippen LogP contribution in [0, 0.1) is 5.41 Å². The maximum absolute atomic E-state index is 11.5. The van der Waals surface area contributed by atoms with Gasteiger partial charge in [0.1, 0.15) is 0 Å². The lowest BCUT2D eigenvalue weighted by atomic mass is 10.2. The predicted molar refractivity (Wildman–Crippen MR) is 74.9 cm³/mol. The molecule has 0 aromatic carbocycles. The number of hydrogen-bond acceptors (Lipinski definition) is 4. The molecule has 1 aliphatic rings. The molecule has 0 aromatic rings. The number of aliphatic imine (C=N–C) groups is 1. The van der Waals surface area contributed by atoms with Crippen LogP contribution in [0.25, 0.3) is 0 Å².